The number of rotatable bonds is 6. The van der Waals surface area contributed by atoms with Crippen LogP contribution in [-0.2, 0) is 23.6 Å². The maximum atomic E-state index is 12.6. The molecule has 0 aliphatic carbocycles. The highest BCUT2D eigenvalue weighted by Gasteiger charge is 2.27. The fourth-order valence-corrected chi connectivity index (χ4v) is 5.04. The zero-order chi connectivity index (χ0) is 21.1. The molecule has 4 rings (SSSR count). The number of benzene rings is 1. The van der Waals surface area contributed by atoms with Crippen LogP contribution in [-0.4, -0.2) is 46.5 Å². The lowest BCUT2D eigenvalue weighted by atomic mass is 10.1. The highest BCUT2D eigenvalue weighted by molar-refractivity contribution is 7.89. The number of sulfonamides is 1. The predicted molar refractivity (Wildman–Crippen MR) is 112 cm³/mol. The molecule has 0 radical (unpaired) electrons. The van der Waals surface area contributed by atoms with Gasteiger partial charge in [-0.25, -0.2) is 8.42 Å². The second-order valence-corrected chi connectivity index (χ2v) is 9.18. The highest BCUT2D eigenvalue weighted by atomic mass is 32.2. The molecule has 156 valence electrons. The van der Waals surface area contributed by atoms with Crippen molar-refractivity contribution in [2.24, 2.45) is 7.05 Å². The first-order valence-corrected chi connectivity index (χ1v) is 11.2. The Hall–Kier alpha value is -3.04. The van der Waals surface area contributed by atoms with Crippen LogP contribution in [0.15, 0.2) is 59.9 Å². The Morgan fingerprint density at radius 1 is 1.10 bits per heavy atom. The minimum atomic E-state index is -3.48. The topological polar surface area (TPSA) is 97.2 Å². The smallest absolute Gasteiger partial charge is 0.251 e. The van der Waals surface area contributed by atoms with Gasteiger partial charge >= 0.3 is 0 Å². The molecule has 0 unspecified atom stereocenters. The summed E-state index contributed by atoms with van der Waals surface area (Å²) in [6.07, 6.45) is 6.94. The highest BCUT2D eigenvalue weighted by Crippen LogP contribution is 2.21. The Kier molecular flexibility index (Phi) is 5.65. The van der Waals surface area contributed by atoms with E-state index in [-0.39, 0.29) is 10.8 Å². The molecule has 0 atom stereocenters. The minimum Gasteiger partial charge on any atom is -0.348 e. The zero-order valence-electron chi connectivity index (χ0n) is 16.7. The van der Waals surface area contributed by atoms with Crippen LogP contribution in [0.25, 0.3) is 11.3 Å². The normalized spacial score (nSPS) is 14.7. The van der Waals surface area contributed by atoms with Crippen LogP contribution in [0.4, 0.5) is 0 Å². The van der Waals surface area contributed by atoms with Crippen molar-refractivity contribution in [3.63, 3.8) is 0 Å². The van der Waals surface area contributed by atoms with Gasteiger partial charge in [0.1, 0.15) is 0 Å². The van der Waals surface area contributed by atoms with E-state index in [1.807, 2.05) is 19.2 Å². The molecule has 9 heteroatoms. The van der Waals surface area contributed by atoms with E-state index in [0.717, 1.165) is 29.7 Å². The van der Waals surface area contributed by atoms with Crippen molar-refractivity contribution in [1.29, 1.82) is 0 Å². The van der Waals surface area contributed by atoms with E-state index in [1.165, 1.54) is 16.4 Å². The number of aromatic nitrogens is 3. The van der Waals surface area contributed by atoms with E-state index < -0.39 is 10.0 Å². The van der Waals surface area contributed by atoms with Crippen molar-refractivity contribution in [3.8, 4) is 11.3 Å². The molecular formula is C21H23N5O3S. The van der Waals surface area contributed by atoms with Crippen molar-refractivity contribution in [2.45, 2.75) is 24.3 Å². The fourth-order valence-electron chi connectivity index (χ4n) is 3.52. The van der Waals surface area contributed by atoms with Crippen molar-refractivity contribution in [3.05, 3.63) is 66.1 Å². The molecule has 3 heterocycles. The van der Waals surface area contributed by atoms with E-state index in [1.54, 1.807) is 35.4 Å². The average molecular weight is 426 g/mol. The first-order valence-electron chi connectivity index (χ1n) is 9.76. The molecular weight excluding hydrogens is 402 g/mol. The summed E-state index contributed by atoms with van der Waals surface area (Å²) in [5, 5.41) is 7.01. The number of pyridine rings is 1. The van der Waals surface area contributed by atoms with Gasteiger partial charge in [0.25, 0.3) is 5.91 Å². The second-order valence-electron chi connectivity index (χ2n) is 7.24. The van der Waals surface area contributed by atoms with Gasteiger partial charge in [0.2, 0.25) is 10.0 Å². The van der Waals surface area contributed by atoms with Crippen LogP contribution in [0, 0.1) is 0 Å². The maximum Gasteiger partial charge on any atom is 0.251 e. The number of amides is 1. The lowest BCUT2D eigenvalue weighted by molar-refractivity contribution is 0.0950. The van der Waals surface area contributed by atoms with Gasteiger partial charge in [0, 0.05) is 56.4 Å². The summed E-state index contributed by atoms with van der Waals surface area (Å²) < 4.78 is 28.4. The van der Waals surface area contributed by atoms with Crippen LogP contribution in [0.5, 0.6) is 0 Å². The van der Waals surface area contributed by atoms with Crippen LogP contribution < -0.4 is 5.32 Å². The quantitative estimate of drug-likeness (QED) is 0.653. The standard InChI is InChI=1S/C21H23N5O3S/c1-25-20(8-9-24-25)18-12-16(13-22-15-18)14-23-21(27)17-4-6-19(7-5-17)30(28,29)26-10-2-3-11-26/h4-9,12-13,15H,2-3,10-11,14H2,1H3,(H,23,27). The predicted octanol–water partition coefficient (Wildman–Crippen LogP) is 2.20. The van der Waals surface area contributed by atoms with Crippen molar-refractivity contribution in [1.82, 2.24) is 24.4 Å². The summed E-state index contributed by atoms with van der Waals surface area (Å²) in [7, 11) is -1.62. The van der Waals surface area contributed by atoms with Gasteiger partial charge in [0.05, 0.1) is 10.6 Å². The summed E-state index contributed by atoms with van der Waals surface area (Å²) in [5.74, 6) is -0.272. The van der Waals surface area contributed by atoms with Gasteiger partial charge in [-0.15, -0.1) is 0 Å². The zero-order valence-corrected chi connectivity index (χ0v) is 17.5. The van der Waals surface area contributed by atoms with Gasteiger partial charge in [-0.3, -0.25) is 14.5 Å². The fraction of sp³-hybridized carbons (Fsp3) is 0.286. The molecule has 1 N–H and O–H groups in total. The van der Waals surface area contributed by atoms with Gasteiger partial charge in [-0.1, -0.05) is 0 Å². The first-order chi connectivity index (χ1) is 14.4. The number of carbonyl (C=O) groups is 1. The largest absolute Gasteiger partial charge is 0.348 e. The molecule has 8 nitrogen and oxygen atoms in total. The molecule has 0 bridgehead atoms. The summed E-state index contributed by atoms with van der Waals surface area (Å²) >= 11 is 0. The third-order valence-electron chi connectivity index (χ3n) is 5.18. The van der Waals surface area contributed by atoms with Gasteiger partial charge in [0.15, 0.2) is 0 Å². The number of nitrogens with zero attached hydrogens (tertiary/aromatic N) is 4. The summed E-state index contributed by atoms with van der Waals surface area (Å²) in [4.78, 5) is 17.0. The second kappa shape index (κ2) is 8.37. The molecule has 1 aromatic carbocycles. The molecule has 3 aromatic rings. The Balaban J connectivity index is 1.42. The van der Waals surface area contributed by atoms with Crippen LogP contribution in [0.3, 0.4) is 0 Å². The Morgan fingerprint density at radius 2 is 1.83 bits per heavy atom. The molecule has 1 amide bonds. The number of hydrogen-bond acceptors (Lipinski definition) is 5. The van der Waals surface area contributed by atoms with Crippen LogP contribution in [0.2, 0.25) is 0 Å². The van der Waals surface area contributed by atoms with Gasteiger partial charge in [-0.2, -0.15) is 9.40 Å². The van der Waals surface area contributed by atoms with Crippen molar-refractivity contribution < 1.29 is 13.2 Å². The molecule has 0 spiro atoms. The number of hydrogen-bond donors (Lipinski definition) is 1. The Labute approximate surface area is 175 Å². The minimum absolute atomic E-state index is 0.217. The van der Waals surface area contributed by atoms with E-state index in [0.29, 0.717) is 25.2 Å². The molecule has 0 saturated carbocycles. The van der Waals surface area contributed by atoms with Crippen molar-refractivity contribution in [2.75, 3.05) is 13.1 Å². The summed E-state index contributed by atoms with van der Waals surface area (Å²) in [6.45, 7) is 1.42. The number of carbonyl (C=O) groups excluding carboxylic acids is 1. The molecule has 1 fully saturated rings. The van der Waals surface area contributed by atoms with Crippen LogP contribution in [0.1, 0.15) is 28.8 Å². The van der Waals surface area contributed by atoms with E-state index in [4.69, 9.17) is 0 Å². The van der Waals surface area contributed by atoms with E-state index in [2.05, 4.69) is 15.4 Å². The molecule has 1 aliphatic rings. The SMILES string of the molecule is Cn1nccc1-c1cncc(CNC(=O)c2ccc(S(=O)(=O)N3CCCC3)cc2)c1. The summed E-state index contributed by atoms with van der Waals surface area (Å²) in [5.41, 5.74) is 3.12. The number of aryl methyl sites for hydroxylation is 1. The lowest BCUT2D eigenvalue weighted by Crippen LogP contribution is -2.28. The Morgan fingerprint density at radius 3 is 2.50 bits per heavy atom. The summed E-state index contributed by atoms with van der Waals surface area (Å²) in [6, 6.07) is 9.93. The van der Waals surface area contributed by atoms with Gasteiger partial charge < -0.3 is 5.32 Å². The lowest BCUT2D eigenvalue weighted by Gasteiger charge is -2.15. The third kappa shape index (κ3) is 4.12. The average Bonchev–Trinajstić information content (AvgIpc) is 3.45. The Bertz CT molecular complexity index is 1150. The molecule has 1 aliphatic heterocycles. The first kappa shape index (κ1) is 20.2. The molecule has 2 aromatic heterocycles. The maximum absolute atomic E-state index is 12.6. The molecule has 30 heavy (non-hydrogen) atoms. The van der Waals surface area contributed by atoms with Crippen molar-refractivity contribution >= 4 is 15.9 Å². The monoisotopic (exact) mass is 425 g/mol. The van der Waals surface area contributed by atoms with E-state index in [9.17, 15) is 13.2 Å². The molecule has 1 saturated heterocycles. The van der Waals surface area contributed by atoms with Crippen LogP contribution >= 0.6 is 0 Å². The van der Waals surface area contributed by atoms with Gasteiger partial charge in [-0.05, 0) is 54.8 Å². The van der Waals surface area contributed by atoms with E-state index >= 15 is 0 Å². The number of nitrogens with one attached hydrogen (secondary N) is 1. The third-order valence-corrected chi connectivity index (χ3v) is 7.10.